The lowest BCUT2D eigenvalue weighted by Gasteiger charge is -2.18. The van der Waals surface area contributed by atoms with Crippen LogP contribution in [0.15, 0.2) is 30.3 Å². The molecule has 1 unspecified atom stereocenters. The summed E-state index contributed by atoms with van der Waals surface area (Å²) in [5, 5.41) is 10.1. The second-order valence-corrected chi connectivity index (χ2v) is 5.55. The first-order chi connectivity index (χ1) is 9.97. The van der Waals surface area contributed by atoms with E-state index in [1.54, 1.807) is 0 Å². The summed E-state index contributed by atoms with van der Waals surface area (Å²) in [5.74, 6) is 0.836. The molecule has 0 spiro atoms. The van der Waals surface area contributed by atoms with Gasteiger partial charge in [-0.25, -0.2) is 0 Å². The molecule has 0 amide bonds. The van der Waals surface area contributed by atoms with Crippen molar-refractivity contribution >= 4 is 0 Å². The minimum Gasteiger partial charge on any atom is -0.491 e. The Kier molecular flexibility index (Phi) is 4.91. The molecule has 1 atom stereocenters. The van der Waals surface area contributed by atoms with Gasteiger partial charge >= 0.3 is 0 Å². The minimum absolute atomic E-state index is 0.274. The Balaban J connectivity index is 1.85. The number of rotatable bonds is 6. The van der Waals surface area contributed by atoms with Gasteiger partial charge in [0, 0.05) is 11.4 Å². The second kappa shape index (κ2) is 6.68. The van der Waals surface area contributed by atoms with E-state index in [9.17, 15) is 5.11 Å². The Morgan fingerprint density at radius 1 is 1.10 bits per heavy atom. The summed E-state index contributed by atoms with van der Waals surface area (Å²) in [7, 11) is 0. The smallest absolute Gasteiger partial charge is 0.122 e. The van der Waals surface area contributed by atoms with Crippen LogP contribution in [0.3, 0.4) is 0 Å². The van der Waals surface area contributed by atoms with Gasteiger partial charge in [-0.3, -0.25) is 4.68 Å². The average molecular weight is 288 g/mol. The predicted octanol–water partition coefficient (Wildman–Crippen LogP) is 2.71. The minimum atomic E-state index is -0.564. The lowest BCUT2D eigenvalue weighted by Crippen LogP contribution is -2.31. The van der Waals surface area contributed by atoms with E-state index in [-0.39, 0.29) is 6.61 Å². The highest BCUT2D eigenvalue weighted by Gasteiger charge is 2.08. The van der Waals surface area contributed by atoms with Crippen LogP contribution in [0.4, 0.5) is 0 Å². The topological polar surface area (TPSA) is 46.4 Å². The number of aryl methyl sites for hydroxylation is 4. The first-order valence-corrected chi connectivity index (χ1v) is 7.24. The van der Waals surface area contributed by atoms with E-state index in [4.69, 9.17) is 4.74 Å². The van der Waals surface area contributed by atoms with Crippen molar-refractivity contribution < 1.29 is 9.84 Å². The van der Waals surface area contributed by atoms with Gasteiger partial charge in [0.05, 0.1) is 6.54 Å². The number of nitrogens with one attached hydrogen (secondary N) is 1. The Labute approximate surface area is 126 Å². The van der Waals surface area contributed by atoms with Gasteiger partial charge in [-0.05, 0) is 57.0 Å². The largest absolute Gasteiger partial charge is 0.491 e. The fourth-order valence-electron chi connectivity index (χ4n) is 2.22. The Hall–Kier alpha value is -1.94. The van der Waals surface area contributed by atoms with Crippen LogP contribution < -0.4 is 10.2 Å². The number of aromatic nitrogens is 1. The monoisotopic (exact) mass is 288 g/mol. The van der Waals surface area contributed by atoms with Crippen LogP contribution in [0.1, 0.15) is 22.5 Å². The van der Waals surface area contributed by atoms with Gasteiger partial charge < -0.3 is 15.3 Å². The summed E-state index contributed by atoms with van der Waals surface area (Å²) in [6, 6.07) is 10.2. The Morgan fingerprint density at radius 2 is 1.76 bits per heavy atom. The Morgan fingerprint density at radius 3 is 2.43 bits per heavy atom. The zero-order valence-corrected chi connectivity index (χ0v) is 13.2. The highest BCUT2D eigenvalue weighted by Crippen LogP contribution is 2.19. The van der Waals surface area contributed by atoms with E-state index in [2.05, 4.69) is 11.5 Å². The van der Waals surface area contributed by atoms with Gasteiger partial charge in [0.2, 0.25) is 0 Å². The van der Waals surface area contributed by atoms with Crippen LogP contribution in [-0.2, 0) is 0 Å². The number of aliphatic hydroxyl groups is 1. The third-order valence-electron chi connectivity index (χ3n) is 3.53. The molecule has 2 rings (SSSR count). The van der Waals surface area contributed by atoms with E-state index in [0.717, 1.165) is 28.3 Å². The number of benzene rings is 1. The quantitative estimate of drug-likeness (QED) is 0.859. The molecule has 0 bridgehead atoms. The second-order valence-electron chi connectivity index (χ2n) is 5.55. The number of nitrogens with zero attached hydrogens (tertiary/aromatic N) is 1. The average Bonchev–Trinajstić information content (AvgIpc) is 2.77. The van der Waals surface area contributed by atoms with E-state index in [1.807, 2.05) is 56.6 Å². The standard InChI is InChI=1S/C17H24N2O2/c1-12-5-6-13(2)17(9-12)21-11-16(20)10-18-19-14(3)7-8-15(19)4/h5-9,16,18,20H,10-11H2,1-4H3. The molecule has 21 heavy (non-hydrogen) atoms. The molecule has 4 nitrogen and oxygen atoms in total. The van der Waals surface area contributed by atoms with Gasteiger partial charge in [-0.15, -0.1) is 0 Å². The first-order valence-electron chi connectivity index (χ1n) is 7.24. The number of aliphatic hydroxyl groups excluding tert-OH is 1. The molecule has 0 saturated carbocycles. The fraction of sp³-hybridized carbons (Fsp3) is 0.412. The van der Waals surface area contributed by atoms with Crippen molar-refractivity contribution in [2.24, 2.45) is 0 Å². The van der Waals surface area contributed by atoms with Gasteiger partial charge in [-0.2, -0.15) is 0 Å². The van der Waals surface area contributed by atoms with Crippen LogP contribution in [0.25, 0.3) is 0 Å². The first kappa shape index (κ1) is 15.4. The van der Waals surface area contributed by atoms with Gasteiger partial charge in [0.15, 0.2) is 0 Å². The molecule has 114 valence electrons. The van der Waals surface area contributed by atoms with E-state index >= 15 is 0 Å². The van der Waals surface area contributed by atoms with Crippen molar-refractivity contribution in [3.05, 3.63) is 52.8 Å². The van der Waals surface area contributed by atoms with Crippen molar-refractivity contribution in [1.29, 1.82) is 0 Å². The SMILES string of the molecule is Cc1ccc(C)c(OCC(O)CNn2c(C)ccc2C)c1. The Bertz CT molecular complexity index is 585. The van der Waals surface area contributed by atoms with Crippen LogP contribution in [0.5, 0.6) is 5.75 Å². The predicted molar refractivity (Wildman–Crippen MR) is 85.6 cm³/mol. The third kappa shape index (κ3) is 4.02. The van der Waals surface area contributed by atoms with Crippen LogP contribution in [0.2, 0.25) is 0 Å². The lowest BCUT2D eigenvalue weighted by molar-refractivity contribution is 0.115. The molecule has 1 heterocycles. The molecular weight excluding hydrogens is 264 g/mol. The highest BCUT2D eigenvalue weighted by atomic mass is 16.5. The zero-order chi connectivity index (χ0) is 15.4. The molecule has 0 aliphatic carbocycles. The van der Waals surface area contributed by atoms with Crippen molar-refractivity contribution in [1.82, 2.24) is 4.68 Å². The summed E-state index contributed by atoms with van der Waals surface area (Å²) in [6.45, 7) is 8.81. The third-order valence-corrected chi connectivity index (χ3v) is 3.53. The van der Waals surface area contributed by atoms with Crippen molar-refractivity contribution in [3.63, 3.8) is 0 Å². The lowest BCUT2D eigenvalue weighted by atomic mass is 10.1. The van der Waals surface area contributed by atoms with Gasteiger partial charge in [0.25, 0.3) is 0 Å². The normalized spacial score (nSPS) is 12.2. The molecule has 1 aromatic carbocycles. The molecule has 1 aromatic heterocycles. The van der Waals surface area contributed by atoms with Crippen LogP contribution in [0, 0.1) is 27.7 Å². The van der Waals surface area contributed by atoms with Crippen molar-refractivity contribution in [2.75, 3.05) is 18.6 Å². The molecule has 0 aliphatic heterocycles. The summed E-state index contributed by atoms with van der Waals surface area (Å²) in [4.78, 5) is 0. The van der Waals surface area contributed by atoms with Crippen LogP contribution in [-0.4, -0.2) is 29.0 Å². The van der Waals surface area contributed by atoms with Crippen LogP contribution >= 0.6 is 0 Å². The maximum atomic E-state index is 10.1. The maximum absolute atomic E-state index is 10.1. The molecule has 0 saturated heterocycles. The molecule has 0 fully saturated rings. The summed E-state index contributed by atoms with van der Waals surface area (Å²) < 4.78 is 7.68. The van der Waals surface area contributed by atoms with E-state index in [1.165, 1.54) is 0 Å². The maximum Gasteiger partial charge on any atom is 0.122 e. The highest BCUT2D eigenvalue weighted by molar-refractivity contribution is 5.35. The van der Waals surface area contributed by atoms with Gasteiger partial charge in [-0.1, -0.05) is 12.1 Å². The molecule has 2 aromatic rings. The summed E-state index contributed by atoms with van der Waals surface area (Å²) in [6.07, 6.45) is -0.564. The number of hydrogen-bond acceptors (Lipinski definition) is 3. The molecular formula is C17H24N2O2. The molecule has 0 radical (unpaired) electrons. The van der Waals surface area contributed by atoms with Crippen molar-refractivity contribution in [3.8, 4) is 5.75 Å². The number of hydrogen-bond donors (Lipinski definition) is 2. The van der Waals surface area contributed by atoms with E-state index in [0.29, 0.717) is 6.54 Å². The fourth-order valence-corrected chi connectivity index (χ4v) is 2.22. The summed E-state index contributed by atoms with van der Waals surface area (Å²) in [5.41, 5.74) is 7.69. The number of ether oxygens (including phenoxy) is 1. The zero-order valence-electron chi connectivity index (χ0n) is 13.2. The summed E-state index contributed by atoms with van der Waals surface area (Å²) >= 11 is 0. The van der Waals surface area contributed by atoms with Gasteiger partial charge in [0.1, 0.15) is 18.5 Å². The van der Waals surface area contributed by atoms with Crippen molar-refractivity contribution in [2.45, 2.75) is 33.8 Å². The molecule has 2 N–H and O–H groups in total. The molecule has 4 heteroatoms. The van der Waals surface area contributed by atoms with E-state index < -0.39 is 6.10 Å². The molecule has 0 aliphatic rings.